The molecule has 0 aliphatic carbocycles. The van der Waals surface area contributed by atoms with E-state index in [1.807, 2.05) is 31.3 Å². The molecule has 112 valence electrons. The normalized spacial score (nSPS) is 13.7. The van der Waals surface area contributed by atoms with Gasteiger partial charge in [-0.2, -0.15) is 0 Å². The summed E-state index contributed by atoms with van der Waals surface area (Å²) in [7, 11) is 1.99. The van der Waals surface area contributed by atoms with E-state index in [1.165, 1.54) is 11.6 Å². The zero-order chi connectivity index (χ0) is 15.3. The zero-order valence-electron chi connectivity index (χ0n) is 12.7. The van der Waals surface area contributed by atoms with E-state index in [0.29, 0.717) is 6.54 Å². The van der Waals surface area contributed by atoms with E-state index in [-0.39, 0.29) is 11.4 Å². The van der Waals surface area contributed by atoms with Crippen LogP contribution in [0.15, 0.2) is 54.6 Å². The number of likely N-dealkylation sites (N-methyl/N-ethyl adjacent to an activating group) is 1. The second-order valence-corrected chi connectivity index (χ2v) is 5.48. The second kappa shape index (κ2) is 6.72. The van der Waals surface area contributed by atoms with Crippen LogP contribution in [0.2, 0.25) is 0 Å². The Bertz CT molecular complexity index is 564. The number of halogens is 1. The van der Waals surface area contributed by atoms with Crippen LogP contribution in [-0.2, 0) is 6.42 Å². The monoisotopic (exact) mass is 286 g/mol. The summed E-state index contributed by atoms with van der Waals surface area (Å²) in [5, 5.41) is 0. The second-order valence-electron chi connectivity index (χ2n) is 5.48. The van der Waals surface area contributed by atoms with Gasteiger partial charge in [-0.05, 0) is 36.6 Å². The largest absolute Gasteiger partial charge is 0.367 e. The standard InChI is InChI=1S/C18H23FN2/c1-3-18(14-20,13-15-8-5-4-6-9-15)21(2)17-11-7-10-16(19)12-17/h4-12H,3,13-14,20H2,1-2H3. The van der Waals surface area contributed by atoms with Gasteiger partial charge in [0.15, 0.2) is 0 Å². The van der Waals surface area contributed by atoms with Gasteiger partial charge < -0.3 is 10.6 Å². The van der Waals surface area contributed by atoms with Crippen molar-refractivity contribution >= 4 is 5.69 Å². The van der Waals surface area contributed by atoms with Crippen LogP contribution in [-0.4, -0.2) is 19.1 Å². The van der Waals surface area contributed by atoms with Crippen LogP contribution in [0, 0.1) is 5.82 Å². The SMILES string of the molecule is CCC(CN)(Cc1ccccc1)N(C)c1cccc(F)c1. The molecule has 2 rings (SSSR count). The van der Waals surface area contributed by atoms with Crippen LogP contribution in [0.5, 0.6) is 0 Å². The molecule has 0 bridgehead atoms. The molecule has 0 aliphatic rings. The third kappa shape index (κ3) is 3.42. The first-order valence-corrected chi connectivity index (χ1v) is 7.35. The van der Waals surface area contributed by atoms with Crippen LogP contribution in [0.4, 0.5) is 10.1 Å². The quantitative estimate of drug-likeness (QED) is 0.879. The maximum absolute atomic E-state index is 13.5. The van der Waals surface area contributed by atoms with Crippen LogP contribution < -0.4 is 10.6 Å². The molecule has 0 radical (unpaired) electrons. The molecule has 2 aromatic carbocycles. The van der Waals surface area contributed by atoms with Gasteiger partial charge in [-0.3, -0.25) is 0 Å². The van der Waals surface area contributed by atoms with Gasteiger partial charge >= 0.3 is 0 Å². The number of rotatable bonds is 6. The fourth-order valence-electron chi connectivity index (χ4n) is 2.77. The number of hydrogen-bond acceptors (Lipinski definition) is 2. The minimum Gasteiger partial charge on any atom is -0.367 e. The smallest absolute Gasteiger partial charge is 0.125 e. The third-order valence-electron chi connectivity index (χ3n) is 4.32. The van der Waals surface area contributed by atoms with Gasteiger partial charge in [0.2, 0.25) is 0 Å². The lowest BCUT2D eigenvalue weighted by Gasteiger charge is -2.42. The molecule has 0 saturated heterocycles. The van der Waals surface area contributed by atoms with Gasteiger partial charge in [-0.1, -0.05) is 43.3 Å². The molecule has 2 N–H and O–H groups in total. The van der Waals surface area contributed by atoms with E-state index in [2.05, 4.69) is 24.0 Å². The molecule has 0 saturated carbocycles. The lowest BCUT2D eigenvalue weighted by molar-refractivity contribution is 0.395. The number of anilines is 1. The molecule has 21 heavy (non-hydrogen) atoms. The fourth-order valence-corrected chi connectivity index (χ4v) is 2.77. The van der Waals surface area contributed by atoms with Crippen LogP contribution in [0.25, 0.3) is 0 Å². The first kappa shape index (κ1) is 15.5. The van der Waals surface area contributed by atoms with Gasteiger partial charge in [0.05, 0.1) is 5.54 Å². The average Bonchev–Trinajstić information content (AvgIpc) is 2.53. The topological polar surface area (TPSA) is 29.3 Å². The molecule has 2 aromatic rings. The first-order chi connectivity index (χ1) is 10.1. The van der Waals surface area contributed by atoms with Crippen LogP contribution in [0.1, 0.15) is 18.9 Å². The predicted molar refractivity (Wildman–Crippen MR) is 87.0 cm³/mol. The molecule has 0 amide bonds. The van der Waals surface area contributed by atoms with Crippen molar-refractivity contribution < 1.29 is 4.39 Å². The molecule has 0 aromatic heterocycles. The molecular weight excluding hydrogens is 263 g/mol. The minimum atomic E-state index is -0.221. The Morgan fingerprint density at radius 1 is 1.10 bits per heavy atom. The Kier molecular flexibility index (Phi) is 4.97. The van der Waals surface area contributed by atoms with Crippen molar-refractivity contribution in [2.24, 2.45) is 5.73 Å². The van der Waals surface area contributed by atoms with E-state index < -0.39 is 0 Å². The number of nitrogens with zero attached hydrogens (tertiary/aromatic N) is 1. The highest BCUT2D eigenvalue weighted by molar-refractivity contribution is 5.49. The van der Waals surface area contributed by atoms with Gasteiger partial charge in [-0.15, -0.1) is 0 Å². The Morgan fingerprint density at radius 3 is 2.38 bits per heavy atom. The summed E-state index contributed by atoms with van der Waals surface area (Å²) in [6.45, 7) is 2.65. The molecule has 3 heteroatoms. The zero-order valence-corrected chi connectivity index (χ0v) is 12.7. The number of nitrogens with two attached hydrogens (primary N) is 1. The van der Waals surface area contributed by atoms with Crippen molar-refractivity contribution in [3.05, 3.63) is 66.0 Å². The van der Waals surface area contributed by atoms with Crippen molar-refractivity contribution in [1.82, 2.24) is 0 Å². The summed E-state index contributed by atoms with van der Waals surface area (Å²) >= 11 is 0. The molecule has 0 fully saturated rings. The van der Waals surface area contributed by atoms with Crippen molar-refractivity contribution in [3.8, 4) is 0 Å². The van der Waals surface area contributed by atoms with E-state index in [9.17, 15) is 4.39 Å². The lowest BCUT2D eigenvalue weighted by Crippen LogP contribution is -2.53. The van der Waals surface area contributed by atoms with Crippen molar-refractivity contribution in [3.63, 3.8) is 0 Å². The van der Waals surface area contributed by atoms with Gasteiger partial charge in [0, 0.05) is 19.3 Å². The van der Waals surface area contributed by atoms with E-state index in [1.54, 1.807) is 12.1 Å². The van der Waals surface area contributed by atoms with Crippen molar-refractivity contribution in [2.75, 3.05) is 18.5 Å². The predicted octanol–water partition coefficient (Wildman–Crippen LogP) is 3.61. The van der Waals surface area contributed by atoms with E-state index >= 15 is 0 Å². The Labute approximate surface area is 126 Å². The summed E-state index contributed by atoms with van der Waals surface area (Å²) in [5.74, 6) is -0.221. The lowest BCUT2D eigenvalue weighted by atomic mass is 9.86. The molecule has 2 nitrogen and oxygen atoms in total. The highest BCUT2D eigenvalue weighted by Gasteiger charge is 2.32. The molecule has 1 atom stereocenters. The highest BCUT2D eigenvalue weighted by Crippen LogP contribution is 2.28. The van der Waals surface area contributed by atoms with Gasteiger partial charge in [0.25, 0.3) is 0 Å². The Balaban J connectivity index is 2.32. The summed E-state index contributed by atoms with van der Waals surface area (Å²) < 4.78 is 13.5. The highest BCUT2D eigenvalue weighted by atomic mass is 19.1. The van der Waals surface area contributed by atoms with Gasteiger partial charge in [0.1, 0.15) is 5.82 Å². The van der Waals surface area contributed by atoms with Crippen molar-refractivity contribution in [1.29, 1.82) is 0 Å². The molecule has 1 unspecified atom stereocenters. The molecular formula is C18H23FN2. The van der Waals surface area contributed by atoms with E-state index in [0.717, 1.165) is 18.5 Å². The number of hydrogen-bond donors (Lipinski definition) is 1. The Hall–Kier alpha value is -1.87. The summed E-state index contributed by atoms with van der Waals surface area (Å²) in [4.78, 5) is 2.11. The maximum Gasteiger partial charge on any atom is 0.125 e. The van der Waals surface area contributed by atoms with Crippen LogP contribution >= 0.6 is 0 Å². The third-order valence-corrected chi connectivity index (χ3v) is 4.32. The van der Waals surface area contributed by atoms with Gasteiger partial charge in [-0.25, -0.2) is 4.39 Å². The van der Waals surface area contributed by atoms with Crippen LogP contribution in [0.3, 0.4) is 0 Å². The molecule has 0 spiro atoms. The Morgan fingerprint density at radius 2 is 1.81 bits per heavy atom. The minimum absolute atomic E-state index is 0.213. The van der Waals surface area contributed by atoms with E-state index in [4.69, 9.17) is 5.73 Å². The summed E-state index contributed by atoms with van der Waals surface area (Å²) in [6.07, 6.45) is 1.74. The summed E-state index contributed by atoms with van der Waals surface area (Å²) in [5.41, 5.74) is 8.00. The first-order valence-electron chi connectivity index (χ1n) is 7.35. The number of benzene rings is 2. The van der Waals surface area contributed by atoms with Crippen molar-refractivity contribution in [2.45, 2.75) is 25.3 Å². The summed E-state index contributed by atoms with van der Waals surface area (Å²) in [6, 6.07) is 17.0. The fraction of sp³-hybridized carbons (Fsp3) is 0.333. The maximum atomic E-state index is 13.5. The molecule has 0 heterocycles. The average molecular weight is 286 g/mol. The molecule has 0 aliphatic heterocycles.